The molecule has 0 spiro atoms. The van der Waals surface area contributed by atoms with Gasteiger partial charge in [-0.1, -0.05) is 0 Å². The Hall–Kier alpha value is -1.21. The molecule has 8 heteroatoms. The summed E-state index contributed by atoms with van der Waals surface area (Å²) in [6.07, 6.45) is 3.17. The lowest BCUT2D eigenvalue weighted by Crippen LogP contribution is -2.42. The summed E-state index contributed by atoms with van der Waals surface area (Å²) in [5, 5.41) is 5.98. The maximum absolute atomic E-state index is 13.0. The van der Waals surface area contributed by atoms with Gasteiger partial charge in [-0.05, 0) is 50.1 Å². The summed E-state index contributed by atoms with van der Waals surface area (Å²) in [6.45, 7) is 1.85. The predicted molar refractivity (Wildman–Crippen MR) is 102 cm³/mol. The molecule has 3 heterocycles. The standard InChI is InChI=1S/C17H18FN3OS.2ClH/c18-12-3-1-11(2-4-12)16-20-15(10-23-16)17(22)21-13-5-6-14(21)9-19-8-7-13;;/h1-4,10,13-14,19H,5-9H2;2*1H. The average Bonchev–Trinajstić information content (AvgIpc) is 3.11. The maximum atomic E-state index is 13.0. The molecule has 4 rings (SSSR count). The molecule has 2 aromatic rings. The highest BCUT2D eigenvalue weighted by molar-refractivity contribution is 7.13. The number of fused-ring (bicyclic) bond motifs is 2. The summed E-state index contributed by atoms with van der Waals surface area (Å²) in [4.78, 5) is 19.4. The molecular weight excluding hydrogens is 384 g/mol. The van der Waals surface area contributed by atoms with Gasteiger partial charge in [0, 0.05) is 29.6 Å². The van der Waals surface area contributed by atoms with Gasteiger partial charge in [0.2, 0.25) is 0 Å². The van der Waals surface area contributed by atoms with Crippen LogP contribution in [0.3, 0.4) is 0 Å². The fourth-order valence-electron chi connectivity index (χ4n) is 3.54. The van der Waals surface area contributed by atoms with E-state index >= 15 is 0 Å². The number of hydrogen-bond acceptors (Lipinski definition) is 4. The van der Waals surface area contributed by atoms with Gasteiger partial charge in [0.15, 0.2) is 0 Å². The second-order valence-corrected chi connectivity index (χ2v) is 6.99. The lowest BCUT2D eigenvalue weighted by atomic mass is 10.1. The van der Waals surface area contributed by atoms with Crippen molar-refractivity contribution in [2.24, 2.45) is 0 Å². The lowest BCUT2D eigenvalue weighted by Gasteiger charge is -2.27. The Bertz CT molecular complexity index is 711. The van der Waals surface area contributed by atoms with Gasteiger partial charge in [0.05, 0.1) is 0 Å². The summed E-state index contributed by atoms with van der Waals surface area (Å²) in [6, 6.07) is 6.84. The number of amides is 1. The lowest BCUT2D eigenvalue weighted by molar-refractivity contribution is 0.0675. The van der Waals surface area contributed by atoms with Gasteiger partial charge in [0.25, 0.3) is 5.91 Å². The molecule has 1 N–H and O–H groups in total. The molecule has 2 atom stereocenters. The first-order valence-corrected chi connectivity index (χ1v) is 8.85. The van der Waals surface area contributed by atoms with Crippen LogP contribution >= 0.6 is 36.2 Å². The van der Waals surface area contributed by atoms with E-state index in [1.165, 1.54) is 23.5 Å². The van der Waals surface area contributed by atoms with Gasteiger partial charge in [-0.3, -0.25) is 4.79 Å². The van der Waals surface area contributed by atoms with E-state index in [9.17, 15) is 9.18 Å². The predicted octanol–water partition coefficient (Wildman–Crippen LogP) is 3.76. The van der Waals surface area contributed by atoms with Crippen molar-refractivity contribution in [3.63, 3.8) is 0 Å². The van der Waals surface area contributed by atoms with Crippen LogP contribution < -0.4 is 5.32 Å². The maximum Gasteiger partial charge on any atom is 0.273 e. The Morgan fingerprint density at radius 2 is 1.88 bits per heavy atom. The molecule has 2 bridgehead atoms. The van der Waals surface area contributed by atoms with Crippen LogP contribution in [0.4, 0.5) is 4.39 Å². The normalized spacial score (nSPS) is 21.9. The van der Waals surface area contributed by atoms with Crippen LogP contribution in [0.1, 0.15) is 29.8 Å². The largest absolute Gasteiger partial charge is 0.330 e. The van der Waals surface area contributed by atoms with Crippen molar-refractivity contribution >= 4 is 42.1 Å². The highest BCUT2D eigenvalue weighted by atomic mass is 35.5. The topological polar surface area (TPSA) is 45.2 Å². The zero-order valence-corrected chi connectivity index (χ0v) is 15.9. The van der Waals surface area contributed by atoms with Crippen molar-refractivity contribution in [3.05, 3.63) is 41.2 Å². The summed E-state index contributed by atoms with van der Waals surface area (Å²) in [7, 11) is 0. The van der Waals surface area contributed by atoms with Crippen LogP contribution in [0.5, 0.6) is 0 Å². The van der Waals surface area contributed by atoms with Crippen LogP contribution in [0, 0.1) is 5.82 Å². The molecule has 2 aliphatic rings. The molecular formula is C17H20Cl2FN3OS. The molecule has 1 aromatic carbocycles. The number of nitrogens with zero attached hydrogens (tertiary/aromatic N) is 2. The van der Waals surface area contributed by atoms with Gasteiger partial charge in [-0.25, -0.2) is 9.37 Å². The zero-order valence-electron chi connectivity index (χ0n) is 13.5. The molecule has 25 heavy (non-hydrogen) atoms. The van der Waals surface area contributed by atoms with Crippen molar-refractivity contribution in [1.82, 2.24) is 15.2 Å². The minimum absolute atomic E-state index is 0. The van der Waals surface area contributed by atoms with E-state index < -0.39 is 0 Å². The highest BCUT2D eigenvalue weighted by Crippen LogP contribution is 2.31. The molecule has 2 unspecified atom stereocenters. The van der Waals surface area contributed by atoms with Gasteiger partial charge in [-0.2, -0.15) is 0 Å². The fourth-order valence-corrected chi connectivity index (χ4v) is 4.34. The molecule has 4 nitrogen and oxygen atoms in total. The number of benzene rings is 1. The second-order valence-electron chi connectivity index (χ2n) is 6.14. The van der Waals surface area contributed by atoms with Crippen LogP contribution in [0.15, 0.2) is 29.6 Å². The van der Waals surface area contributed by atoms with Crippen molar-refractivity contribution < 1.29 is 9.18 Å². The highest BCUT2D eigenvalue weighted by Gasteiger charge is 2.39. The number of halogens is 3. The number of aromatic nitrogens is 1. The van der Waals surface area contributed by atoms with E-state index in [-0.39, 0.29) is 42.6 Å². The third-order valence-electron chi connectivity index (χ3n) is 4.70. The van der Waals surface area contributed by atoms with E-state index in [0.29, 0.717) is 11.7 Å². The molecule has 0 radical (unpaired) electrons. The first-order valence-electron chi connectivity index (χ1n) is 7.97. The summed E-state index contributed by atoms with van der Waals surface area (Å²) in [5.41, 5.74) is 1.35. The Balaban J connectivity index is 0.00000113. The van der Waals surface area contributed by atoms with Crippen LogP contribution in [-0.4, -0.2) is 41.0 Å². The third-order valence-corrected chi connectivity index (χ3v) is 5.59. The molecule has 1 amide bonds. The van der Waals surface area contributed by atoms with Crippen LogP contribution in [0.2, 0.25) is 0 Å². The van der Waals surface area contributed by atoms with Crippen molar-refractivity contribution in [2.75, 3.05) is 13.1 Å². The molecule has 1 aromatic heterocycles. The number of nitrogens with one attached hydrogen (secondary N) is 1. The fraction of sp³-hybridized carbons (Fsp3) is 0.412. The van der Waals surface area contributed by atoms with E-state index in [0.717, 1.165) is 42.9 Å². The number of carbonyl (C=O) groups is 1. The minimum Gasteiger partial charge on any atom is -0.330 e. The summed E-state index contributed by atoms with van der Waals surface area (Å²) >= 11 is 1.43. The van der Waals surface area contributed by atoms with E-state index in [1.54, 1.807) is 12.1 Å². The SMILES string of the molecule is Cl.Cl.O=C(c1csc(-c2ccc(F)cc2)n1)N1C2CCNCC1CC2. The number of hydrogen-bond donors (Lipinski definition) is 1. The number of rotatable bonds is 2. The van der Waals surface area contributed by atoms with Crippen molar-refractivity contribution in [1.29, 1.82) is 0 Å². The van der Waals surface area contributed by atoms with Crippen molar-refractivity contribution in [3.8, 4) is 10.6 Å². The van der Waals surface area contributed by atoms with E-state index in [2.05, 4.69) is 10.3 Å². The van der Waals surface area contributed by atoms with E-state index in [4.69, 9.17) is 0 Å². The Labute approximate surface area is 162 Å². The molecule has 0 saturated carbocycles. The minimum atomic E-state index is -0.268. The molecule has 2 fully saturated rings. The average molecular weight is 404 g/mol. The summed E-state index contributed by atoms with van der Waals surface area (Å²) in [5.74, 6) is -0.235. The molecule has 2 aliphatic heterocycles. The van der Waals surface area contributed by atoms with Gasteiger partial charge in [-0.15, -0.1) is 36.2 Å². The third kappa shape index (κ3) is 3.97. The smallest absolute Gasteiger partial charge is 0.273 e. The van der Waals surface area contributed by atoms with Gasteiger partial charge >= 0.3 is 0 Å². The Kier molecular flexibility index (Phi) is 6.79. The zero-order chi connectivity index (χ0) is 15.8. The number of carbonyl (C=O) groups excluding carboxylic acids is 1. The Morgan fingerprint density at radius 1 is 1.16 bits per heavy atom. The first kappa shape index (κ1) is 20.1. The first-order chi connectivity index (χ1) is 11.2. The van der Waals surface area contributed by atoms with Crippen LogP contribution in [0.25, 0.3) is 10.6 Å². The number of thiazole rings is 1. The van der Waals surface area contributed by atoms with Gasteiger partial charge < -0.3 is 10.2 Å². The molecule has 136 valence electrons. The molecule has 0 aliphatic carbocycles. The van der Waals surface area contributed by atoms with Crippen LogP contribution in [-0.2, 0) is 0 Å². The summed E-state index contributed by atoms with van der Waals surface area (Å²) < 4.78 is 13.0. The molecule has 2 saturated heterocycles. The monoisotopic (exact) mass is 403 g/mol. The Morgan fingerprint density at radius 3 is 2.64 bits per heavy atom. The van der Waals surface area contributed by atoms with Crippen molar-refractivity contribution in [2.45, 2.75) is 31.3 Å². The quantitative estimate of drug-likeness (QED) is 0.829. The van der Waals surface area contributed by atoms with E-state index in [1.807, 2.05) is 10.3 Å². The second kappa shape index (κ2) is 8.45. The van der Waals surface area contributed by atoms with Gasteiger partial charge in [0.1, 0.15) is 16.5 Å².